The third-order valence-electron chi connectivity index (χ3n) is 4.48. The van der Waals surface area contributed by atoms with Gasteiger partial charge in [-0.05, 0) is 37.6 Å². The molecule has 27 heavy (non-hydrogen) atoms. The molecule has 0 saturated carbocycles. The Kier molecular flexibility index (Phi) is 3.87. The summed E-state index contributed by atoms with van der Waals surface area (Å²) in [4.78, 5) is 8.61. The van der Waals surface area contributed by atoms with Crippen molar-refractivity contribution in [2.75, 3.05) is 0 Å². The van der Waals surface area contributed by atoms with Gasteiger partial charge in [0.25, 0.3) is 0 Å². The van der Waals surface area contributed by atoms with Crippen molar-refractivity contribution < 1.29 is 17.6 Å². The van der Waals surface area contributed by atoms with Gasteiger partial charge in [0.05, 0.1) is 11.1 Å². The van der Waals surface area contributed by atoms with Gasteiger partial charge in [0.15, 0.2) is 0 Å². The molecule has 0 radical (unpaired) electrons. The molecule has 4 aromatic rings. The van der Waals surface area contributed by atoms with E-state index in [1.54, 1.807) is 37.3 Å². The largest absolute Gasteiger partial charge is 0.417 e. The minimum Gasteiger partial charge on any atom is -0.252 e. The average molecular weight is 370 g/mol. The van der Waals surface area contributed by atoms with Gasteiger partial charge in [-0.3, -0.25) is 9.97 Å². The molecule has 0 spiro atoms. The average Bonchev–Trinajstić information content (AvgIpc) is 2.60. The molecule has 2 aromatic carbocycles. The molecular weight excluding hydrogens is 356 g/mol. The van der Waals surface area contributed by atoms with Crippen molar-refractivity contribution in [1.29, 1.82) is 0 Å². The van der Waals surface area contributed by atoms with Crippen LogP contribution in [0.15, 0.2) is 48.5 Å². The van der Waals surface area contributed by atoms with Gasteiger partial charge in [-0.2, -0.15) is 13.2 Å². The summed E-state index contributed by atoms with van der Waals surface area (Å²) in [7, 11) is 0. The quantitative estimate of drug-likeness (QED) is 0.372. The number of para-hydroxylation sites is 2. The Morgan fingerprint density at radius 1 is 0.741 bits per heavy atom. The van der Waals surface area contributed by atoms with Crippen LogP contribution in [0.4, 0.5) is 17.6 Å². The van der Waals surface area contributed by atoms with E-state index in [1.807, 2.05) is 0 Å². The number of aryl methyl sites for hydroxylation is 2. The van der Waals surface area contributed by atoms with Crippen LogP contribution in [0.3, 0.4) is 0 Å². The number of alkyl halides is 3. The van der Waals surface area contributed by atoms with Crippen LogP contribution >= 0.6 is 0 Å². The first-order chi connectivity index (χ1) is 12.8. The van der Waals surface area contributed by atoms with Gasteiger partial charge < -0.3 is 0 Å². The molecule has 2 heterocycles. The molecule has 0 N–H and O–H groups in total. The molecule has 4 rings (SSSR count). The normalized spacial score (nSPS) is 12.1. The van der Waals surface area contributed by atoms with Gasteiger partial charge in [0.1, 0.15) is 11.3 Å². The zero-order valence-electron chi connectivity index (χ0n) is 14.5. The topological polar surface area (TPSA) is 25.8 Å². The number of fused-ring (bicyclic) bond motifs is 2. The van der Waals surface area contributed by atoms with E-state index in [0.29, 0.717) is 22.2 Å². The van der Waals surface area contributed by atoms with E-state index < -0.39 is 17.6 Å². The van der Waals surface area contributed by atoms with Crippen molar-refractivity contribution >= 4 is 21.8 Å². The van der Waals surface area contributed by atoms with Crippen LogP contribution in [-0.4, -0.2) is 9.97 Å². The third kappa shape index (κ3) is 2.91. The van der Waals surface area contributed by atoms with Crippen LogP contribution in [0, 0.1) is 19.7 Å². The summed E-state index contributed by atoms with van der Waals surface area (Å²) in [5.74, 6) is -0.474. The molecule has 0 unspecified atom stereocenters. The van der Waals surface area contributed by atoms with Crippen LogP contribution in [0.5, 0.6) is 0 Å². The number of aromatic nitrogens is 2. The van der Waals surface area contributed by atoms with Gasteiger partial charge in [0.2, 0.25) is 0 Å². The van der Waals surface area contributed by atoms with Crippen molar-refractivity contribution in [3.05, 3.63) is 71.3 Å². The molecule has 0 aliphatic carbocycles. The monoisotopic (exact) mass is 370 g/mol. The SMILES string of the molecule is Cc1cc(-c2cccc3c(C(F)(F)F)cc(C)nc23)c2cccc(F)c2n1. The molecular formula is C21H14F4N2. The molecule has 0 fully saturated rings. The van der Waals surface area contributed by atoms with Crippen molar-refractivity contribution in [3.8, 4) is 11.1 Å². The standard InChI is InChI=1S/C21H14F4N2/c1-11-9-16(14-6-4-8-18(22)20(14)27-11)13-5-3-7-15-17(21(23,24)25)10-12(2)26-19(13)15/h3-10H,1-2H3. The summed E-state index contributed by atoms with van der Waals surface area (Å²) < 4.78 is 54.8. The van der Waals surface area contributed by atoms with Crippen LogP contribution in [0.25, 0.3) is 32.9 Å². The van der Waals surface area contributed by atoms with E-state index in [1.165, 1.54) is 19.1 Å². The van der Waals surface area contributed by atoms with Gasteiger partial charge in [-0.15, -0.1) is 0 Å². The fraction of sp³-hybridized carbons (Fsp3) is 0.143. The molecule has 0 saturated heterocycles. The highest BCUT2D eigenvalue weighted by molar-refractivity contribution is 6.04. The molecule has 0 bridgehead atoms. The lowest BCUT2D eigenvalue weighted by Gasteiger charge is -2.15. The molecule has 0 atom stereocenters. The maximum absolute atomic E-state index is 14.2. The van der Waals surface area contributed by atoms with Gasteiger partial charge >= 0.3 is 6.18 Å². The second kappa shape index (κ2) is 6.01. The Bertz CT molecular complexity index is 1200. The minimum atomic E-state index is -4.49. The summed E-state index contributed by atoms with van der Waals surface area (Å²) in [6.07, 6.45) is -4.49. The van der Waals surface area contributed by atoms with Crippen LogP contribution < -0.4 is 0 Å². The van der Waals surface area contributed by atoms with Crippen LogP contribution in [-0.2, 0) is 6.18 Å². The Morgan fingerprint density at radius 3 is 2.11 bits per heavy atom. The molecule has 0 aliphatic heterocycles. The number of hydrogen-bond acceptors (Lipinski definition) is 2. The lowest BCUT2D eigenvalue weighted by Crippen LogP contribution is -2.07. The molecule has 2 aromatic heterocycles. The highest BCUT2D eigenvalue weighted by Crippen LogP contribution is 2.39. The number of halogens is 4. The van der Waals surface area contributed by atoms with Crippen molar-refractivity contribution in [2.24, 2.45) is 0 Å². The summed E-state index contributed by atoms with van der Waals surface area (Å²) in [6.45, 7) is 3.25. The first-order valence-corrected chi connectivity index (χ1v) is 8.29. The number of pyridine rings is 2. The van der Waals surface area contributed by atoms with Gasteiger partial charge in [-0.25, -0.2) is 4.39 Å². The number of benzene rings is 2. The zero-order chi connectivity index (χ0) is 19.3. The first kappa shape index (κ1) is 17.4. The number of rotatable bonds is 1. The van der Waals surface area contributed by atoms with Crippen molar-refractivity contribution in [1.82, 2.24) is 9.97 Å². The molecule has 0 amide bonds. The summed E-state index contributed by atoms with van der Waals surface area (Å²) in [6, 6.07) is 12.0. The van der Waals surface area contributed by atoms with E-state index in [-0.39, 0.29) is 22.1 Å². The predicted molar refractivity (Wildman–Crippen MR) is 96.9 cm³/mol. The first-order valence-electron chi connectivity index (χ1n) is 8.29. The summed E-state index contributed by atoms with van der Waals surface area (Å²) in [5, 5.41) is 0.551. The lowest BCUT2D eigenvalue weighted by molar-refractivity contribution is -0.136. The third-order valence-corrected chi connectivity index (χ3v) is 4.48. The lowest BCUT2D eigenvalue weighted by atomic mass is 9.95. The molecule has 0 aliphatic rings. The number of nitrogens with zero attached hydrogens (tertiary/aromatic N) is 2. The van der Waals surface area contributed by atoms with Gasteiger partial charge in [-0.1, -0.05) is 30.3 Å². The van der Waals surface area contributed by atoms with Gasteiger partial charge in [0, 0.05) is 27.7 Å². The maximum Gasteiger partial charge on any atom is 0.417 e. The number of hydrogen-bond donors (Lipinski definition) is 0. The summed E-state index contributed by atoms with van der Waals surface area (Å²) >= 11 is 0. The Balaban J connectivity index is 2.14. The Morgan fingerprint density at radius 2 is 1.37 bits per heavy atom. The van der Waals surface area contributed by atoms with Crippen molar-refractivity contribution in [2.45, 2.75) is 20.0 Å². The van der Waals surface area contributed by atoms with Crippen LogP contribution in [0.2, 0.25) is 0 Å². The molecule has 136 valence electrons. The fourth-order valence-corrected chi connectivity index (χ4v) is 3.39. The second-order valence-corrected chi connectivity index (χ2v) is 6.46. The zero-order valence-corrected chi connectivity index (χ0v) is 14.5. The van der Waals surface area contributed by atoms with E-state index >= 15 is 0 Å². The highest BCUT2D eigenvalue weighted by Gasteiger charge is 2.33. The Labute approximate surface area is 152 Å². The second-order valence-electron chi connectivity index (χ2n) is 6.46. The Hall–Kier alpha value is -3.02. The molecule has 2 nitrogen and oxygen atoms in total. The van der Waals surface area contributed by atoms with Crippen LogP contribution in [0.1, 0.15) is 17.0 Å². The summed E-state index contributed by atoms with van der Waals surface area (Å²) in [5.41, 5.74) is 1.66. The van der Waals surface area contributed by atoms with E-state index in [4.69, 9.17) is 0 Å². The van der Waals surface area contributed by atoms with E-state index in [0.717, 1.165) is 6.07 Å². The minimum absolute atomic E-state index is 0.0182. The van der Waals surface area contributed by atoms with Crippen molar-refractivity contribution in [3.63, 3.8) is 0 Å². The smallest absolute Gasteiger partial charge is 0.252 e. The van der Waals surface area contributed by atoms with E-state index in [9.17, 15) is 17.6 Å². The fourth-order valence-electron chi connectivity index (χ4n) is 3.39. The predicted octanol–water partition coefficient (Wildman–Crippen LogP) is 6.22. The molecule has 6 heteroatoms. The van der Waals surface area contributed by atoms with E-state index in [2.05, 4.69) is 9.97 Å². The highest BCUT2D eigenvalue weighted by atomic mass is 19.4. The maximum atomic E-state index is 14.2.